The molecule has 0 N–H and O–H groups in total. The van der Waals surface area contributed by atoms with Crippen LogP contribution in [0.4, 0.5) is 5.69 Å². The van der Waals surface area contributed by atoms with Crippen LogP contribution < -0.4 is 5.11 Å². The van der Waals surface area contributed by atoms with E-state index in [2.05, 4.69) is 10.0 Å². The Kier molecular flexibility index (Phi) is 8.27. The number of ether oxygens (including phenoxy) is 1. The summed E-state index contributed by atoms with van der Waals surface area (Å²) in [7, 11) is 2.86. The van der Waals surface area contributed by atoms with Gasteiger partial charge in [-0.1, -0.05) is 38.8 Å². The van der Waals surface area contributed by atoms with Crippen LogP contribution >= 0.6 is 21.6 Å². The molecule has 0 fully saturated rings. The molecule has 0 aromatic heterocycles. The van der Waals surface area contributed by atoms with Crippen molar-refractivity contribution < 1.29 is 19.4 Å². The van der Waals surface area contributed by atoms with Gasteiger partial charge in [0.15, 0.2) is 0 Å². The number of benzene rings is 1. The van der Waals surface area contributed by atoms with Crippen molar-refractivity contribution in [3.05, 3.63) is 34.7 Å². The lowest BCUT2D eigenvalue weighted by atomic mass is 10.1. The molecule has 0 aliphatic heterocycles. The fourth-order valence-corrected chi connectivity index (χ4v) is 3.55. The van der Waals surface area contributed by atoms with Crippen LogP contribution in [0.1, 0.15) is 13.3 Å². The predicted octanol–water partition coefficient (Wildman–Crippen LogP) is 2.69. The van der Waals surface area contributed by atoms with E-state index in [1.165, 1.54) is 21.6 Å². The molecule has 0 radical (unpaired) electrons. The normalized spacial score (nSPS) is 11.3. The second-order valence-electron chi connectivity index (χ2n) is 4.00. The fraction of sp³-hybridized carbons (Fsp3) is 0.385. The van der Waals surface area contributed by atoms with Crippen LogP contribution in [0.5, 0.6) is 0 Å². The molecule has 0 saturated carbocycles. The molecule has 1 rings (SSSR count). The zero-order valence-corrected chi connectivity index (χ0v) is 13.4. The Morgan fingerprint density at radius 3 is 2.64 bits per heavy atom. The lowest BCUT2D eigenvalue weighted by Crippen LogP contribution is -2.37. The molecule has 0 heterocycles. The number of carboxylic acid groups (broad SMARTS) is 1. The minimum absolute atomic E-state index is 0.141. The number of carbonyl (C=O) groups excluding carboxylic acids is 2. The van der Waals surface area contributed by atoms with Gasteiger partial charge >= 0.3 is 5.97 Å². The van der Waals surface area contributed by atoms with E-state index in [9.17, 15) is 14.7 Å². The molecule has 9 heteroatoms. The third kappa shape index (κ3) is 6.30. The maximum atomic E-state index is 11.4. The van der Waals surface area contributed by atoms with Gasteiger partial charge in [-0.05, 0) is 31.0 Å². The Bertz CT molecular complexity index is 559. The van der Waals surface area contributed by atoms with Crippen LogP contribution in [0.15, 0.2) is 34.3 Å². The standard InChI is InChI=1S/C13H15N3O4S2/c1-2-20-13(19)11(12(17)18)7-8-21-22-10-5-3-9(4-6-10)15-16-14/h3-6,11H,2,7-8H2,1H3,(H,17,18)/p-1. The summed E-state index contributed by atoms with van der Waals surface area (Å²) in [6, 6.07) is 6.96. The maximum Gasteiger partial charge on any atom is 0.314 e. The molecule has 0 saturated heterocycles. The molecular weight excluding hydrogens is 326 g/mol. The Morgan fingerprint density at radius 2 is 2.09 bits per heavy atom. The number of hydrogen-bond donors (Lipinski definition) is 0. The van der Waals surface area contributed by atoms with Crippen molar-refractivity contribution >= 4 is 39.2 Å². The van der Waals surface area contributed by atoms with Gasteiger partial charge in [-0.3, -0.25) is 4.79 Å². The number of aliphatic carboxylic acids is 1. The highest BCUT2D eigenvalue weighted by atomic mass is 33.1. The first-order valence-electron chi connectivity index (χ1n) is 6.40. The van der Waals surface area contributed by atoms with Crippen molar-refractivity contribution in [2.45, 2.75) is 18.2 Å². The molecule has 118 valence electrons. The zero-order valence-electron chi connectivity index (χ0n) is 11.8. The number of azide groups is 1. The van der Waals surface area contributed by atoms with Gasteiger partial charge in [-0.25, -0.2) is 0 Å². The smallest absolute Gasteiger partial charge is 0.314 e. The van der Waals surface area contributed by atoms with Gasteiger partial charge in [0.25, 0.3) is 0 Å². The highest BCUT2D eigenvalue weighted by Crippen LogP contribution is 2.33. The highest BCUT2D eigenvalue weighted by Gasteiger charge is 2.20. The Balaban J connectivity index is 2.41. The van der Waals surface area contributed by atoms with E-state index in [-0.39, 0.29) is 13.0 Å². The molecule has 0 spiro atoms. The van der Waals surface area contributed by atoms with Crippen molar-refractivity contribution in [3.63, 3.8) is 0 Å². The van der Waals surface area contributed by atoms with Crippen molar-refractivity contribution in [2.24, 2.45) is 11.0 Å². The number of carbonyl (C=O) groups is 2. The summed E-state index contributed by atoms with van der Waals surface area (Å²) in [4.78, 5) is 26.0. The quantitative estimate of drug-likeness (QED) is 0.130. The van der Waals surface area contributed by atoms with E-state index in [1.807, 2.05) is 0 Å². The van der Waals surface area contributed by atoms with Crippen molar-refractivity contribution in [2.75, 3.05) is 12.4 Å². The number of rotatable bonds is 9. The van der Waals surface area contributed by atoms with Gasteiger partial charge in [0.05, 0.1) is 18.5 Å². The second kappa shape index (κ2) is 9.99. The summed E-state index contributed by atoms with van der Waals surface area (Å²) in [5.41, 5.74) is 8.82. The molecule has 1 unspecified atom stereocenters. The van der Waals surface area contributed by atoms with Crippen molar-refractivity contribution in [1.82, 2.24) is 0 Å². The van der Waals surface area contributed by atoms with Gasteiger partial charge in [0, 0.05) is 21.2 Å². The molecule has 0 aliphatic rings. The van der Waals surface area contributed by atoms with Crippen molar-refractivity contribution in [1.29, 1.82) is 0 Å². The summed E-state index contributed by atoms with van der Waals surface area (Å²) in [5.74, 6) is -2.95. The molecule has 0 aliphatic carbocycles. The first-order chi connectivity index (χ1) is 10.6. The lowest BCUT2D eigenvalue weighted by molar-refractivity contribution is -0.310. The SMILES string of the molecule is CCOC(=O)C(CCSSc1ccc(N=[N+]=[N-])cc1)C(=O)[O-]. The van der Waals surface area contributed by atoms with Crippen LogP contribution in [0.3, 0.4) is 0 Å². The minimum Gasteiger partial charge on any atom is -0.549 e. The first-order valence-corrected chi connectivity index (χ1v) is 8.72. The zero-order chi connectivity index (χ0) is 16.4. The second-order valence-corrected chi connectivity index (χ2v) is 6.49. The average Bonchev–Trinajstić information content (AvgIpc) is 2.49. The van der Waals surface area contributed by atoms with Gasteiger partial charge in [-0.2, -0.15) is 0 Å². The summed E-state index contributed by atoms with van der Waals surface area (Å²) in [6.45, 7) is 1.76. The van der Waals surface area contributed by atoms with E-state index >= 15 is 0 Å². The average molecular weight is 340 g/mol. The van der Waals surface area contributed by atoms with E-state index in [1.54, 1.807) is 31.2 Å². The third-order valence-electron chi connectivity index (χ3n) is 2.50. The summed E-state index contributed by atoms with van der Waals surface area (Å²) >= 11 is 0. The molecule has 22 heavy (non-hydrogen) atoms. The van der Waals surface area contributed by atoms with E-state index < -0.39 is 17.9 Å². The first kappa shape index (κ1) is 18.2. The fourth-order valence-electron chi connectivity index (χ4n) is 1.47. The molecule has 1 aromatic rings. The number of nitrogens with zero attached hydrogens (tertiary/aromatic N) is 3. The van der Waals surface area contributed by atoms with Crippen LogP contribution in [-0.4, -0.2) is 24.3 Å². The van der Waals surface area contributed by atoms with Crippen LogP contribution in [-0.2, 0) is 14.3 Å². The maximum absolute atomic E-state index is 11.4. The number of carboxylic acids is 1. The van der Waals surface area contributed by atoms with Crippen molar-refractivity contribution in [3.8, 4) is 0 Å². The van der Waals surface area contributed by atoms with Gasteiger partial charge in [0.2, 0.25) is 0 Å². The predicted molar refractivity (Wildman–Crippen MR) is 83.3 cm³/mol. The van der Waals surface area contributed by atoms with Crippen LogP contribution in [0, 0.1) is 5.92 Å². The van der Waals surface area contributed by atoms with Crippen LogP contribution in [0.25, 0.3) is 10.4 Å². The molecule has 7 nitrogen and oxygen atoms in total. The van der Waals surface area contributed by atoms with E-state index in [4.69, 9.17) is 10.3 Å². The Labute approximate surface area is 135 Å². The van der Waals surface area contributed by atoms with Crippen LogP contribution in [0.2, 0.25) is 0 Å². The largest absolute Gasteiger partial charge is 0.549 e. The van der Waals surface area contributed by atoms with E-state index in [0.29, 0.717) is 11.4 Å². The third-order valence-corrected chi connectivity index (χ3v) is 4.91. The van der Waals surface area contributed by atoms with Gasteiger partial charge in [0.1, 0.15) is 0 Å². The summed E-state index contributed by atoms with van der Waals surface area (Å²) in [6.07, 6.45) is 0.148. The van der Waals surface area contributed by atoms with E-state index in [0.717, 1.165) is 4.90 Å². The Morgan fingerprint density at radius 1 is 1.41 bits per heavy atom. The Hall–Kier alpha value is -1.83. The monoisotopic (exact) mass is 340 g/mol. The topological polar surface area (TPSA) is 115 Å². The summed E-state index contributed by atoms with van der Waals surface area (Å²) in [5, 5.41) is 14.4. The molecule has 1 atom stereocenters. The van der Waals surface area contributed by atoms with Gasteiger partial charge in [-0.15, -0.1) is 0 Å². The van der Waals surface area contributed by atoms with Gasteiger partial charge < -0.3 is 14.6 Å². The lowest BCUT2D eigenvalue weighted by Gasteiger charge is -2.15. The molecular formula is C13H14N3O4S2-. The summed E-state index contributed by atoms with van der Waals surface area (Å²) < 4.78 is 4.70. The molecule has 0 amide bonds. The highest BCUT2D eigenvalue weighted by molar-refractivity contribution is 8.76. The number of hydrogen-bond acceptors (Lipinski definition) is 7. The molecule has 1 aromatic carbocycles. The minimum atomic E-state index is -1.41. The molecule has 0 bridgehead atoms. The number of esters is 1.